The highest BCUT2D eigenvalue weighted by Crippen LogP contribution is 2.43. The quantitative estimate of drug-likeness (QED) is 0.865. The van der Waals surface area contributed by atoms with E-state index in [1.165, 1.54) is 12.8 Å². The first-order valence-corrected chi connectivity index (χ1v) is 7.73. The van der Waals surface area contributed by atoms with Crippen molar-refractivity contribution >= 4 is 16.7 Å². The van der Waals surface area contributed by atoms with E-state index in [9.17, 15) is 13.2 Å². The van der Waals surface area contributed by atoms with E-state index in [2.05, 4.69) is 28.5 Å². The molecule has 0 atom stereocenters. The maximum Gasteiger partial charge on any atom is 0.452 e. The Morgan fingerprint density at radius 1 is 1.30 bits per heavy atom. The molecule has 1 heterocycles. The van der Waals surface area contributed by atoms with Crippen LogP contribution in [0.4, 0.5) is 18.3 Å². The Bertz CT molecular complexity index is 436. The zero-order chi connectivity index (χ0) is 14.8. The van der Waals surface area contributed by atoms with Gasteiger partial charge in [0.15, 0.2) is 0 Å². The van der Waals surface area contributed by atoms with E-state index < -0.39 is 12.0 Å². The van der Waals surface area contributed by atoms with Gasteiger partial charge in [-0.1, -0.05) is 26.7 Å². The van der Waals surface area contributed by atoms with Gasteiger partial charge in [0, 0.05) is 18.1 Å². The minimum absolute atomic E-state index is 0.207. The summed E-state index contributed by atoms with van der Waals surface area (Å²) in [5.41, 5.74) is 0.207. The summed E-state index contributed by atoms with van der Waals surface area (Å²) in [7, 11) is 0. The summed E-state index contributed by atoms with van der Waals surface area (Å²) in [4.78, 5) is 3.52. The predicted octanol–water partition coefficient (Wildman–Crippen LogP) is 4.58. The average molecular weight is 307 g/mol. The maximum atomic E-state index is 12.4. The Kier molecular flexibility index (Phi) is 4.56. The molecule has 1 aromatic heterocycles. The molecule has 2 rings (SSSR count). The van der Waals surface area contributed by atoms with Gasteiger partial charge in [0.1, 0.15) is 0 Å². The van der Waals surface area contributed by atoms with E-state index in [4.69, 9.17) is 0 Å². The lowest BCUT2D eigenvalue weighted by Crippen LogP contribution is -2.28. The molecule has 7 heteroatoms. The van der Waals surface area contributed by atoms with Crippen LogP contribution in [0.15, 0.2) is 0 Å². The lowest BCUT2D eigenvalue weighted by molar-refractivity contribution is -0.144. The van der Waals surface area contributed by atoms with Gasteiger partial charge in [0.2, 0.25) is 11.0 Å². The number of hydrogen-bond acceptors (Lipinski definition) is 4. The van der Waals surface area contributed by atoms with Gasteiger partial charge in [0.05, 0.1) is 0 Å². The standard InChI is InChI=1S/C13H20F3N3S/c1-9(2)7-12(5-3-4-6-12)8-17-11-18-10(19-20-11)13(14,15)16/h9H,3-8H2,1-2H3,(H,17,18,19). The van der Waals surface area contributed by atoms with Crippen molar-refractivity contribution in [2.24, 2.45) is 11.3 Å². The third-order valence-corrected chi connectivity index (χ3v) is 4.47. The zero-order valence-corrected chi connectivity index (χ0v) is 12.6. The van der Waals surface area contributed by atoms with E-state index in [-0.39, 0.29) is 10.5 Å². The van der Waals surface area contributed by atoms with Gasteiger partial charge in [-0.15, -0.1) is 0 Å². The van der Waals surface area contributed by atoms with E-state index in [1.54, 1.807) is 0 Å². The average Bonchev–Trinajstić information content (AvgIpc) is 2.93. The first-order valence-electron chi connectivity index (χ1n) is 6.96. The number of anilines is 1. The highest BCUT2D eigenvalue weighted by molar-refractivity contribution is 7.09. The molecule has 1 aromatic rings. The van der Waals surface area contributed by atoms with Crippen molar-refractivity contribution in [3.63, 3.8) is 0 Å². The topological polar surface area (TPSA) is 37.8 Å². The molecule has 1 saturated carbocycles. The molecule has 1 N–H and O–H groups in total. The van der Waals surface area contributed by atoms with Crippen molar-refractivity contribution in [2.75, 3.05) is 11.9 Å². The third kappa shape index (κ3) is 3.84. The first kappa shape index (κ1) is 15.5. The van der Waals surface area contributed by atoms with Crippen LogP contribution in [0, 0.1) is 11.3 Å². The number of rotatable bonds is 5. The number of alkyl halides is 3. The Morgan fingerprint density at radius 3 is 2.45 bits per heavy atom. The fourth-order valence-electron chi connectivity index (χ4n) is 3.12. The van der Waals surface area contributed by atoms with Gasteiger partial charge in [-0.05, 0) is 30.6 Å². The monoisotopic (exact) mass is 307 g/mol. The lowest BCUT2D eigenvalue weighted by atomic mass is 9.78. The molecule has 20 heavy (non-hydrogen) atoms. The molecule has 0 bridgehead atoms. The molecule has 0 unspecified atom stereocenters. The zero-order valence-electron chi connectivity index (χ0n) is 11.8. The molecule has 0 radical (unpaired) electrons. The maximum absolute atomic E-state index is 12.4. The summed E-state index contributed by atoms with van der Waals surface area (Å²) >= 11 is 0.785. The van der Waals surface area contributed by atoms with Gasteiger partial charge in [-0.2, -0.15) is 22.5 Å². The summed E-state index contributed by atoms with van der Waals surface area (Å²) in [6, 6.07) is 0. The second kappa shape index (κ2) is 5.87. The highest BCUT2D eigenvalue weighted by Gasteiger charge is 2.37. The minimum atomic E-state index is -4.46. The molecule has 1 fully saturated rings. The molecular weight excluding hydrogens is 287 g/mol. The van der Waals surface area contributed by atoms with Crippen LogP contribution in [0.3, 0.4) is 0 Å². The van der Waals surface area contributed by atoms with Gasteiger partial charge in [-0.3, -0.25) is 0 Å². The van der Waals surface area contributed by atoms with Crippen LogP contribution >= 0.6 is 11.5 Å². The SMILES string of the molecule is CC(C)CC1(CNc2nc(C(F)(F)F)ns2)CCCC1. The van der Waals surface area contributed by atoms with Crippen LogP contribution in [0.25, 0.3) is 0 Å². The number of nitrogens with one attached hydrogen (secondary N) is 1. The Hall–Kier alpha value is -0.850. The number of aromatic nitrogens is 2. The lowest BCUT2D eigenvalue weighted by Gasteiger charge is -2.31. The van der Waals surface area contributed by atoms with E-state index in [0.29, 0.717) is 12.5 Å². The molecule has 0 saturated heterocycles. The van der Waals surface area contributed by atoms with Gasteiger partial charge < -0.3 is 5.32 Å². The molecule has 0 amide bonds. The normalized spacial score (nSPS) is 18.7. The molecule has 0 aromatic carbocycles. The highest BCUT2D eigenvalue weighted by atomic mass is 32.1. The number of halogens is 3. The molecular formula is C13H20F3N3S. The summed E-state index contributed by atoms with van der Waals surface area (Å²) in [6.07, 6.45) is 1.34. The van der Waals surface area contributed by atoms with E-state index in [1.807, 2.05) is 0 Å². The van der Waals surface area contributed by atoms with Crippen LogP contribution in [0.2, 0.25) is 0 Å². The smallest absolute Gasteiger partial charge is 0.360 e. The number of nitrogens with zero attached hydrogens (tertiary/aromatic N) is 2. The van der Waals surface area contributed by atoms with Crippen molar-refractivity contribution < 1.29 is 13.2 Å². The molecule has 1 aliphatic rings. The molecule has 0 aliphatic heterocycles. The number of hydrogen-bond donors (Lipinski definition) is 1. The summed E-state index contributed by atoms with van der Waals surface area (Å²) in [5, 5.41) is 3.34. The summed E-state index contributed by atoms with van der Waals surface area (Å²) in [6.45, 7) is 5.07. The van der Waals surface area contributed by atoms with Crippen molar-refractivity contribution in [3.8, 4) is 0 Å². The first-order chi connectivity index (χ1) is 9.31. The molecule has 0 spiro atoms. The Balaban J connectivity index is 1.97. The van der Waals surface area contributed by atoms with Gasteiger partial charge in [0.25, 0.3) is 0 Å². The van der Waals surface area contributed by atoms with E-state index in [0.717, 1.165) is 30.8 Å². The van der Waals surface area contributed by atoms with Crippen molar-refractivity contribution in [3.05, 3.63) is 5.82 Å². The summed E-state index contributed by atoms with van der Waals surface area (Å²) < 4.78 is 40.7. The fourth-order valence-corrected chi connectivity index (χ4v) is 3.70. The third-order valence-electron chi connectivity index (χ3n) is 3.80. The van der Waals surface area contributed by atoms with Crippen LogP contribution < -0.4 is 5.32 Å². The van der Waals surface area contributed by atoms with Crippen LogP contribution in [-0.2, 0) is 6.18 Å². The van der Waals surface area contributed by atoms with Crippen LogP contribution in [0.5, 0.6) is 0 Å². The molecule has 3 nitrogen and oxygen atoms in total. The van der Waals surface area contributed by atoms with Gasteiger partial charge in [-0.25, -0.2) is 0 Å². The van der Waals surface area contributed by atoms with Crippen molar-refractivity contribution in [2.45, 2.75) is 52.1 Å². The summed E-state index contributed by atoms with van der Waals surface area (Å²) in [5.74, 6) is -0.454. The minimum Gasteiger partial charge on any atom is -0.360 e. The Labute approximate surface area is 121 Å². The second-order valence-electron chi connectivity index (χ2n) is 6.08. The predicted molar refractivity (Wildman–Crippen MR) is 73.8 cm³/mol. The van der Waals surface area contributed by atoms with Crippen molar-refractivity contribution in [1.29, 1.82) is 0 Å². The Morgan fingerprint density at radius 2 is 1.95 bits per heavy atom. The fraction of sp³-hybridized carbons (Fsp3) is 0.846. The molecule has 114 valence electrons. The largest absolute Gasteiger partial charge is 0.452 e. The van der Waals surface area contributed by atoms with E-state index >= 15 is 0 Å². The van der Waals surface area contributed by atoms with Gasteiger partial charge >= 0.3 is 6.18 Å². The van der Waals surface area contributed by atoms with Crippen LogP contribution in [-0.4, -0.2) is 15.9 Å². The molecule has 1 aliphatic carbocycles. The van der Waals surface area contributed by atoms with Crippen LogP contribution in [0.1, 0.15) is 51.8 Å². The van der Waals surface area contributed by atoms with Crippen molar-refractivity contribution in [1.82, 2.24) is 9.36 Å². The second-order valence-corrected chi connectivity index (χ2v) is 6.83.